The molecule has 0 aliphatic carbocycles. The maximum absolute atomic E-state index is 5.98. The summed E-state index contributed by atoms with van der Waals surface area (Å²) in [6, 6.07) is 17.0. The maximum atomic E-state index is 5.98. The molecule has 0 bridgehead atoms. The molecule has 29 heavy (non-hydrogen) atoms. The summed E-state index contributed by atoms with van der Waals surface area (Å²) < 4.78 is 11.4. The molecule has 154 valence electrons. The highest BCUT2D eigenvalue weighted by molar-refractivity contribution is 5.79. The Balaban J connectivity index is 1.20. The van der Waals surface area contributed by atoms with Gasteiger partial charge in [0.1, 0.15) is 11.9 Å². The fourth-order valence-corrected chi connectivity index (χ4v) is 3.76. The first kappa shape index (κ1) is 19.7. The summed E-state index contributed by atoms with van der Waals surface area (Å²) in [4.78, 5) is 6.76. The minimum absolute atomic E-state index is 0.144. The highest BCUT2D eigenvalue weighted by Gasteiger charge is 2.22. The second kappa shape index (κ2) is 9.76. The van der Waals surface area contributed by atoms with Crippen molar-refractivity contribution < 1.29 is 9.47 Å². The zero-order valence-corrected chi connectivity index (χ0v) is 17.1. The van der Waals surface area contributed by atoms with E-state index >= 15 is 0 Å². The first-order valence-corrected chi connectivity index (χ1v) is 10.4. The van der Waals surface area contributed by atoms with Crippen LogP contribution in [0.15, 0.2) is 53.5 Å². The van der Waals surface area contributed by atoms with E-state index in [4.69, 9.17) is 9.47 Å². The Morgan fingerprint density at radius 2 is 1.79 bits per heavy atom. The molecule has 2 aliphatic rings. The Kier molecular flexibility index (Phi) is 6.64. The van der Waals surface area contributed by atoms with E-state index in [-0.39, 0.29) is 6.10 Å². The lowest BCUT2D eigenvalue weighted by Gasteiger charge is -2.26. The van der Waals surface area contributed by atoms with Gasteiger partial charge in [-0.1, -0.05) is 42.5 Å². The van der Waals surface area contributed by atoms with Crippen LogP contribution in [-0.2, 0) is 24.2 Å². The predicted molar refractivity (Wildman–Crippen MR) is 115 cm³/mol. The van der Waals surface area contributed by atoms with Gasteiger partial charge >= 0.3 is 0 Å². The van der Waals surface area contributed by atoms with E-state index in [2.05, 4.69) is 56.9 Å². The number of guanidine groups is 1. The number of nitrogens with zero attached hydrogens (tertiary/aromatic N) is 2. The van der Waals surface area contributed by atoms with Crippen molar-refractivity contribution in [1.29, 1.82) is 0 Å². The Morgan fingerprint density at radius 3 is 2.55 bits per heavy atom. The van der Waals surface area contributed by atoms with Crippen LogP contribution in [0.25, 0.3) is 0 Å². The molecule has 0 aromatic heterocycles. The third-order valence-corrected chi connectivity index (χ3v) is 5.43. The van der Waals surface area contributed by atoms with Gasteiger partial charge in [-0.3, -0.25) is 9.89 Å². The van der Waals surface area contributed by atoms with Crippen molar-refractivity contribution in [2.24, 2.45) is 4.99 Å². The second-order valence-electron chi connectivity index (χ2n) is 7.56. The molecular weight excluding hydrogens is 364 g/mol. The van der Waals surface area contributed by atoms with E-state index in [0.717, 1.165) is 64.1 Å². The molecule has 2 aliphatic heterocycles. The van der Waals surface area contributed by atoms with Crippen LogP contribution in [0, 0.1) is 0 Å². The second-order valence-corrected chi connectivity index (χ2v) is 7.56. The highest BCUT2D eigenvalue weighted by Crippen LogP contribution is 2.27. The van der Waals surface area contributed by atoms with Crippen molar-refractivity contribution in [3.63, 3.8) is 0 Å². The number of morpholine rings is 1. The first-order chi connectivity index (χ1) is 14.3. The van der Waals surface area contributed by atoms with Crippen molar-refractivity contribution in [3.8, 4) is 5.75 Å². The molecule has 1 atom stereocenters. The van der Waals surface area contributed by atoms with Gasteiger partial charge in [-0.05, 0) is 22.8 Å². The number of fused-ring (bicyclic) bond motifs is 1. The Hall–Kier alpha value is -2.57. The van der Waals surface area contributed by atoms with Gasteiger partial charge in [-0.15, -0.1) is 0 Å². The number of para-hydroxylation sites is 1. The fraction of sp³-hybridized carbons (Fsp3) is 0.435. The SMILES string of the molecule is CN=C(NCc1ccc(CN2CCOCC2)cc1)NCC1Cc2ccccc2O1. The normalized spacial score (nSPS) is 19.5. The lowest BCUT2D eigenvalue weighted by Crippen LogP contribution is -2.41. The Morgan fingerprint density at radius 1 is 1.03 bits per heavy atom. The predicted octanol–water partition coefficient (Wildman–Crippen LogP) is 2.19. The molecule has 0 saturated carbocycles. The zero-order chi connectivity index (χ0) is 19.9. The van der Waals surface area contributed by atoms with Crippen LogP contribution in [0.5, 0.6) is 5.75 Å². The molecule has 2 heterocycles. The van der Waals surface area contributed by atoms with Crippen molar-refractivity contribution in [1.82, 2.24) is 15.5 Å². The van der Waals surface area contributed by atoms with Crippen LogP contribution < -0.4 is 15.4 Å². The summed E-state index contributed by atoms with van der Waals surface area (Å²) in [7, 11) is 1.80. The summed E-state index contributed by atoms with van der Waals surface area (Å²) in [6.07, 6.45) is 1.08. The number of rotatable bonds is 6. The molecule has 1 saturated heterocycles. The Bertz CT molecular complexity index is 791. The van der Waals surface area contributed by atoms with Gasteiger partial charge in [0.2, 0.25) is 0 Å². The number of hydrogen-bond acceptors (Lipinski definition) is 4. The minimum atomic E-state index is 0.144. The van der Waals surface area contributed by atoms with E-state index in [1.807, 2.05) is 12.1 Å². The van der Waals surface area contributed by atoms with E-state index in [0.29, 0.717) is 0 Å². The van der Waals surface area contributed by atoms with Gasteiger partial charge < -0.3 is 20.1 Å². The standard InChI is InChI=1S/C23H30N4O2/c1-24-23(26-16-21-14-20-4-2-3-5-22(20)29-21)25-15-18-6-8-19(9-7-18)17-27-10-12-28-13-11-27/h2-9,21H,10-17H2,1H3,(H2,24,25,26). The highest BCUT2D eigenvalue weighted by atomic mass is 16.5. The number of benzene rings is 2. The van der Waals surface area contributed by atoms with E-state index in [9.17, 15) is 0 Å². The van der Waals surface area contributed by atoms with Gasteiger partial charge in [-0.2, -0.15) is 0 Å². The van der Waals surface area contributed by atoms with Crippen molar-refractivity contribution in [2.45, 2.75) is 25.6 Å². The van der Waals surface area contributed by atoms with Crippen LogP contribution in [0.1, 0.15) is 16.7 Å². The molecule has 4 rings (SSSR count). The third kappa shape index (κ3) is 5.49. The molecule has 0 radical (unpaired) electrons. The molecule has 2 aromatic carbocycles. The largest absolute Gasteiger partial charge is 0.488 e. The summed E-state index contributed by atoms with van der Waals surface area (Å²) in [5.74, 6) is 1.79. The van der Waals surface area contributed by atoms with Crippen LogP contribution in [0.3, 0.4) is 0 Å². The van der Waals surface area contributed by atoms with E-state index in [1.165, 1.54) is 16.7 Å². The number of ether oxygens (including phenoxy) is 2. The topological polar surface area (TPSA) is 58.1 Å². The molecule has 6 nitrogen and oxygen atoms in total. The lowest BCUT2D eigenvalue weighted by atomic mass is 10.1. The fourth-order valence-electron chi connectivity index (χ4n) is 3.76. The first-order valence-electron chi connectivity index (χ1n) is 10.4. The van der Waals surface area contributed by atoms with Gasteiger partial charge in [0, 0.05) is 39.6 Å². The van der Waals surface area contributed by atoms with Crippen molar-refractivity contribution in [3.05, 3.63) is 65.2 Å². The van der Waals surface area contributed by atoms with Gasteiger partial charge in [0.15, 0.2) is 5.96 Å². The van der Waals surface area contributed by atoms with Gasteiger partial charge in [0.25, 0.3) is 0 Å². The minimum Gasteiger partial charge on any atom is -0.488 e. The lowest BCUT2D eigenvalue weighted by molar-refractivity contribution is 0.0342. The smallest absolute Gasteiger partial charge is 0.191 e. The Labute approximate surface area is 172 Å². The molecule has 1 fully saturated rings. The monoisotopic (exact) mass is 394 g/mol. The summed E-state index contributed by atoms with van der Waals surface area (Å²) >= 11 is 0. The zero-order valence-electron chi connectivity index (χ0n) is 17.1. The van der Waals surface area contributed by atoms with Gasteiger partial charge in [-0.25, -0.2) is 0 Å². The molecule has 6 heteroatoms. The molecule has 0 amide bonds. The molecule has 1 unspecified atom stereocenters. The molecule has 0 spiro atoms. The van der Waals surface area contributed by atoms with Gasteiger partial charge in [0.05, 0.1) is 19.8 Å². The maximum Gasteiger partial charge on any atom is 0.191 e. The molecule has 2 N–H and O–H groups in total. The van der Waals surface area contributed by atoms with Crippen LogP contribution in [0.2, 0.25) is 0 Å². The average Bonchev–Trinajstić information content (AvgIpc) is 3.19. The average molecular weight is 395 g/mol. The number of nitrogens with one attached hydrogen (secondary N) is 2. The van der Waals surface area contributed by atoms with E-state index in [1.54, 1.807) is 7.05 Å². The molecular formula is C23H30N4O2. The van der Waals surface area contributed by atoms with Crippen LogP contribution in [0.4, 0.5) is 0 Å². The summed E-state index contributed by atoms with van der Waals surface area (Å²) in [5, 5.41) is 6.77. The molecule has 2 aromatic rings. The summed E-state index contributed by atoms with van der Waals surface area (Å²) in [6.45, 7) is 6.17. The summed E-state index contributed by atoms with van der Waals surface area (Å²) in [5.41, 5.74) is 3.86. The van der Waals surface area contributed by atoms with Crippen molar-refractivity contribution >= 4 is 5.96 Å². The number of aliphatic imine (C=N–C) groups is 1. The number of hydrogen-bond donors (Lipinski definition) is 2. The quantitative estimate of drug-likeness (QED) is 0.581. The van der Waals surface area contributed by atoms with Crippen LogP contribution in [-0.4, -0.2) is 56.9 Å². The van der Waals surface area contributed by atoms with Crippen LogP contribution >= 0.6 is 0 Å². The van der Waals surface area contributed by atoms with E-state index < -0.39 is 0 Å². The van der Waals surface area contributed by atoms with Crippen molar-refractivity contribution in [2.75, 3.05) is 39.9 Å². The third-order valence-electron chi connectivity index (χ3n) is 5.43.